The molecule has 0 radical (unpaired) electrons. The number of nitro benzene ring substituents is 1. The van der Waals surface area contributed by atoms with Crippen LogP contribution in [0, 0.1) is 17.0 Å². The predicted octanol–water partition coefficient (Wildman–Crippen LogP) is 1.46. The highest BCUT2D eigenvalue weighted by molar-refractivity contribution is 9.10. The van der Waals surface area contributed by atoms with Gasteiger partial charge in [-0.1, -0.05) is 15.9 Å². The minimum Gasteiger partial charge on any atom is -0.484 e. The minimum absolute atomic E-state index is 0.0277. The molecule has 0 aliphatic heterocycles. The van der Waals surface area contributed by atoms with Crippen molar-refractivity contribution < 1.29 is 19.6 Å². The van der Waals surface area contributed by atoms with E-state index in [1.54, 1.807) is 13.0 Å². The number of aryl methyl sites for hydroxylation is 1. The van der Waals surface area contributed by atoms with Gasteiger partial charge in [-0.15, -0.1) is 0 Å². The van der Waals surface area contributed by atoms with Crippen LogP contribution in [-0.4, -0.2) is 28.6 Å². The number of nitrogens with zero attached hydrogens (tertiary/aromatic N) is 1. The topological polar surface area (TPSA) is 116 Å². The smallest absolute Gasteiger partial charge is 0.324 e. The van der Waals surface area contributed by atoms with Gasteiger partial charge in [0.25, 0.3) is 0 Å². The summed E-state index contributed by atoms with van der Waals surface area (Å²) >= 11 is 3.14. The molecule has 1 unspecified atom stereocenters. The summed E-state index contributed by atoms with van der Waals surface area (Å²) in [6.45, 7) is 1.29. The Morgan fingerprint density at radius 3 is 2.78 bits per heavy atom. The number of halogens is 1. The third-order valence-corrected chi connectivity index (χ3v) is 2.60. The van der Waals surface area contributed by atoms with Gasteiger partial charge in [-0.05, 0) is 18.6 Å². The fourth-order valence-corrected chi connectivity index (χ4v) is 1.84. The number of hydrogen-bond acceptors (Lipinski definition) is 5. The van der Waals surface area contributed by atoms with Gasteiger partial charge in [-0.2, -0.15) is 0 Å². The van der Waals surface area contributed by atoms with Gasteiger partial charge in [0.15, 0.2) is 5.75 Å². The van der Waals surface area contributed by atoms with Gasteiger partial charge in [0.2, 0.25) is 0 Å². The Balaban J connectivity index is 3.00. The lowest BCUT2D eigenvalue weighted by Crippen LogP contribution is -2.36. The maximum atomic E-state index is 10.9. The monoisotopic (exact) mass is 318 g/mol. The van der Waals surface area contributed by atoms with E-state index in [4.69, 9.17) is 15.6 Å². The lowest BCUT2D eigenvalue weighted by atomic mass is 10.2. The van der Waals surface area contributed by atoms with E-state index in [9.17, 15) is 14.9 Å². The van der Waals surface area contributed by atoms with Crippen LogP contribution in [0.2, 0.25) is 0 Å². The first-order chi connectivity index (χ1) is 8.32. The van der Waals surface area contributed by atoms with Crippen LogP contribution in [0.5, 0.6) is 5.75 Å². The number of nitrogens with two attached hydrogens (primary N) is 1. The Hall–Kier alpha value is -1.67. The first kappa shape index (κ1) is 14.4. The van der Waals surface area contributed by atoms with Crippen LogP contribution in [0.15, 0.2) is 16.6 Å². The van der Waals surface area contributed by atoms with E-state index >= 15 is 0 Å². The van der Waals surface area contributed by atoms with E-state index in [0.717, 1.165) is 0 Å². The molecule has 7 nitrogen and oxygen atoms in total. The fourth-order valence-electron chi connectivity index (χ4n) is 1.28. The second-order valence-corrected chi connectivity index (χ2v) is 4.50. The first-order valence-corrected chi connectivity index (χ1v) is 5.68. The Morgan fingerprint density at radius 1 is 1.67 bits per heavy atom. The van der Waals surface area contributed by atoms with E-state index in [1.165, 1.54) is 6.07 Å². The van der Waals surface area contributed by atoms with E-state index in [1.807, 2.05) is 0 Å². The number of carboxylic acids is 1. The lowest BCUT2D eigenvalue weighted by molar-refractivity contribution is -0.386. The van der Waals surface area contributed by atoms with Crippen molar-refractivity contribution in [1.29, 1.82) is 0 Å². The van der Waals surface area contributed by atoms with Crippen molar-refractivity contribution in [1.82, 2.24) is 0 Å². The number of aliphatic carboxylic acids is 1. The van der Waals surface area contributed by atoms with E-state index < -0.39 is 16.9 Å². The lowest BCUT2D eigenvalue weighted by Gasteiger charge is -2.12. The van der Waals surface area contributed by atoms with Crippen molar-refractivity contribution in [2.24, 2.45) is 5.73 Å². The fraction of sp³-hybridized carbons (Fsp3) is 0.300. The third-order valence-electron chi connectivity index (χ3n) is 2.14. The number of hydrogen-bond donors (Lipinski definition) is 2. The second kappa shape index (κ2) is 5.78. The SMILES string of the molecule is Cc1cc(Br)cc([N+](=O)[O-])c1OCC(N)C(=O)O. The molecular weight excluding hydrogens is 308 g/mol. The van der Waals surface area contributed by atoms with Crippen LogP contribution in [-0.2, 0) is 4.79 Å². The van der Waals surface area contributed by atoms with Crippen molar-refractivity contribution in [2.45, 2.75) is 13.0 Å². The van der Waals surface area contributed by atoms with Gasteiger partial charge >= 0.3 is 11.7 Å². The molecule has 1 aromatic carbocycles. The van der Waals surface area contributed by atoms with E-state index in [-0.39, 0.29) is 18.0 Å². The molecule has 0 spiro atoms. The molecule has 0 amide bonds. The highest BCUT2D eigenvalue weighted by Crippen LogP contribution is 2.34. The average molecular weight is 319 g/mol. The maximum absolute atomic E-state index is 10.9. The largest absolute Gasteiger partial charge is 0.484 e. The zero-order chi connectivity index (χ0) is 13.9. The first-order valence-electron chi connectivity index (χ1n) is 4.88. The van der Waals surface area contributed by atoms with E-state index in [2.05, 4.69) is 15.9 Å². The Kier molecular flexibility index (Phi) is 4.62. The molecule has 0 aromatic heterocycles. The molecule has 1 atom stereocenters. The molecule has 8 heteroatoms. The van der Waals surface area contributed by atoms with Crippen LogP contribution in [0.1, 0.15) is 5.56 Å². The molecule has 1 aromatic rings. The summed E-state index contributed by atoms with van der Waals surface area (Å²) in [6.07, 6.45) is 0. The van der Waals surface area contributed by atoms with Crippen LogP contribution < -0.4 is 10.5 Å². The summed E-state index contributed by atoms with van der Waals surface area (Å²) in [7, 11) is 0. The number of ether oxygens (including phenoxy) is 1. The molecule has 1 rings (SSSR count). The van der Waals surface area contributed by atoms with Gasteiger partial charge in [0, 0.05) is 10.5 Å². The molecule has 0 aliphatic carbocycles. The predicted molar refractivity (Wildman–Crippen MR) is 66.6 cm³/mol. The molecular formula is C10H11BrN2O5. The number of nitro groups is 1. The standard InChI is InChI=1S/C10H11BrN2O5/c1-5-2-6(11)3-8(13(16)17)9(5)18-4-7(12)10(14)15/h2-3,7H,4,12H2,1H3,(H,14,15). The molecule has 3 N–H and O–H groups in total. The highest BCUT2D eigenvalue weighted by atomic mass is 79.9. The number of carbonyl (C=O) groups is 1. The third kappa shape index (κ3) is 3.41. The van der Waals surface area contributed by atoms with Crippen molar-refractivity contribution in [3.05, 3.63) is 32.3 Å². The summed E-state index contributed by atoms with van der Waals surface area (Å²) in [5.74, 6) is -1.20. The van der Waals surface area contributed by atoms with Crippen molar-refractivity contribution in [3.63, 3.8) is 0 Å². The average Bonchev–Trinajstić information content (AvgIpc) is 2.26. The molecule has 0 bridgehead atoms. The van der Waals surface area contributed by atoms with Crippen molar-refractivity contribution in [2.75, 3.05) is 6.61 Å². The van der Waals surface area contributed by atoms with Crippen LogP contribution >= 0.6 is 15.9 Å². The van der Waals surface area contributed by atoms with Crippen LogP contribution in [0.25, 0.3) is 0 Å². The van der Waals surface area contributed by atoms with E-state index in [0.29, 0.717) is 10.0 Å². The highest BCUT2D eigenvalue weighted by Gasteiger charge is 2.21. The summed E-state index contributed by atoms with van der Waals surface area (Å²) in [6, 6.07) is 1.69. The van der Waals surface area contributed by atoms with Gasteiger partial charge in [0.05, 0.1) is 4.92 Å². The second-order valence-electron chi connectivity index (χ2n) is 3.58. The molecule has 0 aliphatic rings. The van der Waals surface area contributed by atoms with Crippen LogP contribution in [0.3, 0.4) is 0 Å². The summed E-state index contributed by atoms with van der Waals surface area (Å²) in [5, 5.41) is 19.5. The number of rotatable bonds is 5. The summed E-state index contributed by atoms with van der Waals surface area (Å²) < 4.78 is 5.68. The summed E-state index contributed by atoms with van der Waals surface area (Å²) in [5.41, 5.74) is 5.55. The van der Waals surface area contributed by atoms with Gasteiger partial charge in [0.1, 0.15) is 12.6 Å². The minimum atomic E-state index is -1.23. The Morgan fingerprint density at radius 2 is 2.28 bits per heavy atom. The zero-order valence-electron chi connectivity index (χ0n) is 9.42. The number of carboxylic acid groups (broad SMARTS) is 1. The van der Waals surface area contributed by atoms with Crippen molar-refractivity contribution in [3.8, 4) is 5.75 Å². The van der Waals surface area contributed by atoms with Crippen LogP contribution in [0.4, 0.5) is 5.69 Å². The molecule has 0 fully saturated rings. The molecule has 0 saturated carbocycles. The van der Waals surface area contributed by atoms with Gasteiger partial charge in [-0.3, -0.25) is 14.9 Å². The van der Waals surface area contributed by atoms with Crippen molar-refractivity contribution >= 4 is 27.6 Å². The Labute approximate surface area is 111 Å². The van der Waals surface area contributed by atoms with Gasteiger partial charge in [-0.25, -0.2) is 0 Å². The zero-order valence-corrected chi connectivity index (χ0v) is 11.0. The quantitative estimate of drug-likeness (QED) is 0.627. The molecule has 0 saturated heterocycles. The molecule has 98 valence electrons. The van der Waals surface area contributed by atoms with Gasteiger partial charge < -0.3 is 15.6 Å². The molecule has 0 heterocycles. The summed E-state index contributed by atoms with van der Waals surface area (Å²) in [4.78, 5) is 20.8. The molecule has 18 heavy (non-hydrogen) atoms. The Bertz CT molecular complexity index is 491. The maximum Gasteiger partial charge on any atom is 0.324 e. The number of benzene rings is 1. The normalized spacial score (nSPS) is 11.9.